The van der Waals surface area contributed by atoms with Gasteiger partial charge in [-0.3, -0.25) is 5.10 Å². The zero-order valence-electron chi connectivity index (χ0n) is 8.63. The molecule has 0 amide bonds. The summed E-state index contributed by atoms with van der Waals surface area (Å²) >= 11 is 0. The Bertz CT molecular complexity index is 464. The third-order valence-electron chi connectivity index (χ3n) is 2.96. The quantitative estimate of drug-likeness (QED) is 0.760. The van der Waals surface area contributed by atoms with Crippen LogP contribution in [0.2, 0.25) is 0 Å². The maximum atomic E-state index is 5.98. The molecule has 3 N–H and O–H groups in total. The van der Waals surface area contributed by atoms with Gasteiger partial charge in [0.25, 0.3) is 0 Å². The monoisotopic (exact) mass is 220 g/mol. The van der Waals surface area contributed by atoms with Gasteiger partial charge < -0.3 is 10.3 Å². The zero-order valence-corrected chi connectivity index (χ0v) is 8.63. The number of nitrogens with one attached hydrogen (secondary N) is 1. The summed E-state index contributed by atoms with van der Waals surface area (Å²) in [5.74, 6) is 1.74. The summed E-state index contributed by atoms with van der Waals surface area (Å²) < 4.78 is 5.21. The number of aromatic nitrogens is 5. The van der Waals surface area contributed by atoms with Crippen LogP contribution in [0.3, 0.4) is 0 Å². The molecular formula is C9H12N6O. The summed E-state index contributed by atoms with van der Waals surface area (Å²) in [6.45, 7) is 0. The van der Waals surface area contributed by atoms with Gasteiger partial charge >= 0.3 is 0 Å². The Hall–Kier alpha value is -1.76. The van der Waals surface area contributed by atoms with Crippen molar-refractivity contribution in [3.63, 3.8) is 0 Å². The molecule has 1 fully saturated rings. The summed E-state index contributed by atoms with van der Waals surface area (Å²) in [5, 5.41) is 10.3. The largest absolute Gasteiger partial charge is 0.338 e. The molecule has 0 aliphatic heterocycles. The maximum Gasteiger partial charge on any atom is 0.239 e. The second-order valence-corrected chi connectivity index (χ2v) is 3.99. The van der Waals surface area contributed by atoms with Crippen LogP contribution >= 0.6 is 0 Å². The molecule has 7 nitrogen and oxygen atoms in total. The maximum absolute atomic E-state index is 5.98. The van der Waals surface area contributed by atoms with Crippen molar-refractivity contribution in [3.05, 3.63) is 12.2 Å². The van der Waals surface area contributed by atoms with E-state index in [1.54, 1.807) is 0 Å². The van der Waals surface area contributed by atoms with Gasteiger partial charge in [0.2, 0.25) is 11.7 Å². The highest BCUT2D eigenvalue weighted by atomic mass is 16.5. The van der Waals surface area contributed by atoms with Gasteiger partial charge in [0, 0.05) is 6.04 Å². The summed E-state index contributed by atoms with van der Waals surface area (Å²) in [5.41, 5.74) is 5.98. The van der Waals surface area contributed by atoms with Crippen LogP contribution in [0.15, 0.2) is 10.9 Å². The first-order valence-electron chi connectivity index (χ1n) is 5.29. The lowest BCUT2D eigenvalue weighted by atomic mass is 10.1. The van der Waals surface area contributed by atoms with Gasteiger partial charge in [-0.05, 0) is 12.8 Å². The predicted molar refractivity (Wildman–Crippen MR) is 54.2 cm³/mol. The van der Waals surface area contributed by atoms with E-state index in [1.165, 1.54) is 6.33 Å². The molecule has 84 valence electrons. The fourth-order valence-corrected chi connectivity index (χ4v) is 2.09. The number of nitrogens with zero attached hydrogens (tertiary/aromatic N) is 4. The molecule has 0 spiro atoms. The standard InChI is InChI=1S/C9H12N6O/c10-6-3-1-2-5(6)9-13-8(15-16-9)7-11-4-12-14-7/h4-6H,1-3,10H2,(H,11,12,14). The molecule has 3 rings (SSSR count). The minimum Gasteiger partial charge on any atom is -0.338 e. The Balaban J connectivity index is 1.88. The fourth-order valence-electron chi connectivity index (χ4n) is 2.09. The number of aromatic amines is 1. The van der Waals surface area contributed by atoms with E-state index in [4.69, 9.17) is 10.3 Å². The van der Waals surface area contributed by atoms with Gasteiger partial charge in [0.15, 0.2) is 5.82 Å². The molecule has 16 heavy (non-hydrogen) atoms. The molecule has 1 saturated carbocycles. The van der Waals surface area contributed by atoms with Crippen LogP contribution in [-0.4, -0.2) is 31.4 Å². The van der Waals surface area contributed by atoms with E-state index in [0.717, 1.165) is 19.3 Å². The summed E-state index contributed by atoms with van der Waals surface area (Å²) in [6, 6.07) is 0.128. The van der Waals surface area contributed by atoms with Crippen molar-refractivity contribution in [2.75, 3.05) is 0 Å². The average molecular weight is 220 g/mol. The van der Waals surface area contributed by atoms with E-state index in [-0.39, 0.29) is 12.0 Å². The van der Waals surface area contributed by atoms with Gasteiger partial charge in [0.05, 0.1) is 5.92 Å². The molecule has 2 unspecified atom stereocenters. The molecule has 2 heterocycles. The summed E-state index contributed by atoms with van der Waals surface area (Å²) in [4.78, 5) is 8.26. The highest BCUT2D eigenvalue weighted by Gasteiger charge is 2.30. The molecule has 2 aromatic rings. The van der Waals surface area contributed by atoms with Crippen molar-refractivity contribution in [1.29, 1.82) is 0 Å². The fraction of sp³-hybridized carbons (Fsp3) is 0.556. The molecule has 0 radical (unpaired) electrons. The highest BCUT2D eigenvalue weighted by molar-refractivity contribution is 5.39. The number of hydrogen-bond acceptors (Lipinski definition) is 6. The first kappa shape index (κ1) is 9.46. The molecule has 0 aromatic carbocycles. The third-order valence-corrected chi connectivity index (χ3v) is 2.96. The highest BCUT2D eigenvalue weighted by Crippen LogP contribution is 2.32. The van der Waals surface area contributed by atoms with Crippen molar-refractivity contribution in [2.45, 2.75) is 31.2 Å². The molecule has 0 bridgehead atoms. The van der Waals surface area contributed by atoms with Gasteiger partial charge in [-0.1, -0.05) is 11.6 Å². The topological polar surface area (TPSA) is 107 Å². The van der Waals surface area contributed by atoms with E-state index < -0.39 is 0 Å². The smallest absolute Gasteiger partial charge is 0.239 e. The SMILES string of the molecule is NC1CCCC1c1nc(-c2ncn[nH]2)no1. The van der Waals surface area contributed by atoms with Crippen molar-refractivity contribution in [3.8, 4) is 11.6 Å². The normalized spacial score (nSPS) is 25.1. The van der Waals surface area contributed by atoms with Gasteiger partial charge in [-0.25, -0.2) is 4.98 Å². The van der Waals surface area contributed by atoms with Crippen molar-refractivity contribution < 1.29 is 4.52 Å². The summed E-state index contributed by atoms with van der Waals surface area (Å²) in [7, 11) is 0. The lowest BCUT2D eigenvalue weighted by molar-refractivity contribution is 0.345. The van der Waals surface area contributed by atoms with E-state index in [2.05, 4.69) is 25.3 Å². The van der Waals surface area contributed by atoms with Crippen molar-refractivity contribution in [1.82, 2.24) is 25.3 Å². The van der Waals surface area contributed by atoms with E-state index >= 15 is 0 Å². The van der Waals surface area contributed by atoms with Crippen LogP contribution in [0, 0.1) is 0 Å². The lowest BCUT2D eigenvalue weighted by Crippen LogP contribution is -2.22. The summed E-state index contributed by atoms with van der Waals surface area (Å²) in [6.07, 6.45) is 4.56. The van der Waals surface area contributed by atoms with Crippen LogP contribution in [0.1, 0.15) is 31.1 Å². The van der Waals surface area contributed by atoms with Crippen LogP contribution in [0.4, 0.5) is 0 Å². The van der Waals surface area contributed by atoms with Crippen molar-refractivity contribution >= 4 is 0 Å². The zero-order chi connectivity index (χ0) is 11.0. The number of nitrogens with two attached hydrogens (primary N) is 1. The minimum absolute atomic E-state index is 0.128. The first-order chi connectivity index (χ1) is 7.84. The van der Waals surface area contributed by atoms with Crippen LogP contribution < -0.4 is 5.73 Å². The minimum atomic E-state index is 0.128. The Morgan fingerprint density at radius 1 is 1.44 bits per heavy atom. The average Bonchev–Trinajstić information content (AvgIpc) is 2.96. The Morgan fingerprint density at radius 3 is 3.06 bits per heavy atom. The number of H-pyrrole nitrogens is 1. The first-order valence-corrected chi connectivity index (χ1v) is 5.29. The van der Waals surface area contributed by atoms with E-state index in [9.17, 15) is 0 Å². The Morgan fingerprint density at radius 2 is 2.38 bits per heavy atom. The number of hydrogen-bond donors (Lipinski definition) is 2. The Kier molecular flexibility index (Phi) is 2.17. The molecular weight excluding hydrogens is 208 g/mol. The Labute approximate surface area is 91.4 Å². The van der Waals surface area contributed by atoms with Crippen LogP contribution in [0.25, 0.3) is 11.6 Å². The third kappa shape index (κ3) is 1.49. The molecule has 2 atom stereocenters. The number of rotatable bonds is 2. The van der Waals surface area contributed by atoms with Crippen molar-refractivity contribution in [2.24, 2.45) is 5.73 Å². The van der Waals surface area contributed by atoms with Gasteiger partial charge in [-0.15, -0.1) is 0 Å². The molecule has 0 saturated heterocycles. The van der Waals surface area contributed by atoms with Crippen LogP contribution in [0.5, 0.6) is 0 Å². The second kappa shape index (κ2) is 3.67. The predicted octanol–water partition coefficient (Wildman–Crippen LogP) is 0.449. The van der Waals surface area contributed by atoms with E-state index in [1.807, 2.05) is 0 Å². The molecule has 1 aliphatic rings. The molecule has 1 aliphatic carbocycles. The van der Waals surface area contributed by atoms with Gasteiger partial charge in [0.1, 0.15) is 6.33 Å². The van der Waals surface area contributed by atoms with Gasteiger partial charge in [-0.2, -0.15) is 10.1 Å². The second-order valence-electron chi connectivity index (χ2n) is 3.99. The van der Waals surface area contributed by atoms with E-state index in [0.29, 0.717) is 17.5 Å². The van der Waals surface area contributed by atoms with Crippen LogP contribution in [-0.2, 0) is 0 Å². The lowest BCUT2D eigenvalue weighted by Gasteiger charge is -2.08. The molecule has 7 heteroatoms. The molecule has 2 aromatic heterocycles.